The summed E-state index contributed by atoms with van der Waals surface area (Å²) in [5.74, 6) is 0.856. The van der Waals surface area contributed by atoms with Gasteiger partial charge in [0.05, 0.1) is 38.5 Å². The average Bonchev–Trinajstić information content (AvgIpc) is 3.46. The molecule has 2 aromatic rings. The van der Waals surface area contributed by atoms with Crippen molar-refractivity contribution in [2.45, 2.75) is 45.8 Å². The van der Waals surface area contributed by atoms with Gasteiger partial charge in [-0.05, 0) is 60.7 Å². The van der Waals surface area contributed by atoms with Crippen LogP contribution in [-0.2, 0) is 20.7 Å². The van der Waals surface area contributed by atoms with Crippen LogP contribution in [-0.4, -0.2) is 85.8 Å². The number of nitrogens with zero attached hydrogens (tertiary/aromatic N) is 2. The Labute approximate surface area is 241 Å². The monoisotopic (exact) mass is 564 g/mol. The zero-order valence-electron chi connectivity index (χ0n) is 24.4. The normalized spacial score (nSPS) is 22.2. The van der Waals surface area contributed by atoms with Gasteiger partial charge in [0.25, 0.3) is 11.7 Å². The van der Waals surface area contributed by atoms with Crippen LogP contribution in [0.4, 0.5) is 0 Å². The molecule has 41 heavy (non-hydrogen) atoms. The molecule has 5 rings (SSSR count). The largest absolute Gasteiger partial charge is 0.507 e. The fraction of sp³-hybridized carbons (Fsp3) is 0.500. The molecule has 3 heterocycles. The third-order valence-electron chi connectivity index (χ3n) is 7.93. The third kappa shape index (κ3) is 6.21. The van der Waals surface area contributed by atoms with E-state index in [1.165, 1.54) is 0 Å². The number of rotatable bonds is 10. The summed E-state index contributed by atoms with van der Waals surface area (Å²) in [6.45, 7) is 10.5. The van der Waals surface area contributed by atoms with Crippen molar-refractivity contribution in [3.63, 3.8) is 0 Å². The first-order chi connectivity index (χ1) is 19.8. The summed E-state index contributed by atoms with van der Waals surface area (Å²) in [7, 11) is 1.57. The van der Waals surface area contributed by atoms with Crippen molar-refractivity contribution in [2.24, 2.45) is 5.92 Å². The van der Waals surface area contributed by atoms with Crippen LogP contribution in [0.1, 0.15) is 49.9 Å². The molecular formula is C32H40N2O7. The number of aliphatic hydroxyl groups excluding tert-OH is 1. The van der Waals surface area contributed by atoms with E-state index in [1.807, 2.05) is 31.2 Å². The minimum atomic E-state index is -0.780. The summed E-state index contributed by atoms with van der Waals surface area (Å²) < 4.78 is 22.9. The second kappa shape index (κ2) is 12.5. The van der Waals surface area contributed by atoms with Crippen molar-refractivity contribution in [2.75, 3.05) is 53.1 Å². The molecule has 0 bridgehead atoms. The number of likely N-dealkylation sites (tertiary alicyclic amines) is 1. The standard InChI is InChI=1S/C32H40N2O7/c1-20(2)9-14-40-26-8-5-22(19-27(26)38-4)29-28(30(35)23-6-7-25-24(18-23)17-21(3)41-25)31(36)32(37)34(29)11-10-33-12-15-39-16-13-33/h5-8,18-21,29,35H,9-17H2,1-4H3. The molecule has 2 saturated heterocycles. The van der Waals surface area contributed by atoms with Gasteiger partial charge in [0.2, 0.25) is 0 Å². The lowest BCUT2D eigenvalue weighted by Gasteiger charge is -2.31. The molecule has 1 N–H and O–H groups in total. The summed E-state index contributed by atoms with van der Waals surface area (Å²) in [6, 6.07) is 10.1. The Hall–Kier alpha value is -3.56. The third-order valence-corrected chi connectivity index (χ3v) is 7.93. The highest BCUT2D eigenvalue weighted by atomic mass is 16.5. The van der Waals surface area contributed by atoms with E-state index in [9.17, 15) is 14.7 Å². The van der Waals surface area contributed by atoms with Gasteiger partial charge in [-0.15, -0.1) is 0 Å². The Morgan fingerprint density at radius 1 is 1.07 bits per heavy atom. The Morgan fingerprint density at radius 2 is 1.85 bits per heavy atom. The summed E-state index contributed by atoms with van der Waals surface area (Å²) in [5.41, 5.74) is 2.18. The molecule has 0 aliphatic carbocycles. The summed E-state index contributed by atoms with van der Waals surface area (Å²) in [6.07, 6.45) is 1.65. The highest BCUT2D eigenvalue weighted by Gasteiger charge is 2.46. The second-order valence-electron chi connectivity index (χ2n) is 11.3. The van der Waals surface area contributed by atoms with Gasteiger partial charge in [0.15, 0.2) is 11.5 Å². The number of ketones is 1. The Kier molecular flexibility index (Phi) is 8.85. The number of aliphatic hydroxyl groups is 1. The number of hydrogen-bond donors (Lipinski definition) is 1. The van der Waals surface area contributed by atoms with Gasteiger partial charge in [-0.25, -0.2) is 0 Å². The first-order valence-electron chi connectivity index (χ1n) is 14.5. The molecule has 0 spiro atoms. The van der Waals surface area contributed by atoms with Crippen LogP contribution in [0.25, 0.3) is 5.76 Å². The maximum atomic E-state index is 13.6. The van der Waals surface area contributed by atoms with Crippen LogP contribution >= 0.6 is 0 Å². The van der Waals surface area contributed by atoms with E-state index in [0.29, 0.717) is 67.9 Å². The molecule has 3 aliphatic heterocycles. The van der Waals surface area contributed by atoms with E-state index in [2.05, 4.69) is 18.7 Å². The maximum Gasteiger partial charge on any atom is 0.295 e. The van der Waals surface area contributed by atoms with E-state index in [4.69, 9.17) is 18.9 Å². The molecule has 9 heteroatoms. The van der Waals surface area contributed by atoms with Crippen molar-refractivity contribution < 1.29 is 33.6 Å². The van der Waals surface area contributed by atoms with Crippen LogP contribution in [0.5, 0.6) is 17.2 Å². The molecule has 1 amide bonds. The van der Waals surface area contributed by atoms with Gasteiger partial charge in [-0.1, -0.05) is 19.9 Å². The molecule has 2 aromatic carbocycles. The van der Waals surface area contributed by atoms with Crippen molar-refractivity contribution in [1.29, 1.82) is 0 Å². The van der Waals surface area contributed by atoms with Crippen molar-refractivity contribution >= 4 is 17.4 Å². The minimum absolute atomic E-state index is 0.0434. The predicted molar refractivity (Wildman–Crippen MR) is 154 cm³/mol. The van der Waals surface area contributed by atoms with E-state index >= 15 is 0 Å². The number of fused-ring (bicyclic) bond motifs is 1. The van der Waals surface area contributed by atoms with Gasteiger partial charge in [0.1, 0.15) is 17.6 Å². The number of amides is 1. The lowest BCUT2D eigenvalue weighted by Crippen LogP contribution is -2.42. The first kappa shape index (κ1) is 29.0. The number of ether oxygens (including phenoxy) is 4. The van der Waals surface area contributed by atoms with Crippen LogP contribution < -0.4 is 14.2 Å². The Balaban J connectivity index is 1.52. The molecule has 2 fully saturated rings. The second-order valence-corrected chi connectivity index (χ2v) is 11.3. The summed E-state index contributed by atoms with van der Waals surface area (Å²) in [4.78, 5) is 30.8. The fourth-order valence-electron chi connectivity index (χ4n) is 5.63. The number of Topliss-reactive ketones (excluding diaryl/α,β-unsaturated/α-hetero) is 1. The van der Waals surface area contributed by atoms with E-state index in [1.54, 1.807) is 24.1 Å². The zero-order valence-corrected chi connectivity index (χ0v) is 24.4. The van der Waals surface area contributed by atoms with E-state index < -0.39 is 17.7 Å². The Morgan fingerprint density at radius 3 is 2.59 bits per heavy atom. The number of morpholine rings is 1. The van der Waals surface area contributed by atoms with Crippen LogP contribution in [0.2, 0.25) is 0 Å². The SMILES string of the molecule is COc1cc(C2C(=C(O)c3ccc4c(c3)CC(C)O4)C(=O)C(=O)N2CCN2CCOCC2)ccc1OCCC(C)C. The molecule has 3 aliphatic rings. The zero-order chi connectivity index (χ0) is 29.1. The van der Waals surface area contributed by atoms with E-state index in [-0.39, 0.29) is 17.4 Å². The quantitative estimate of drug-likeness (QED) is 0.261. The van der Waals surface area contributed by atoms with Crippen LogP contribution in [0.15, 0.2) is 42.0 Å². The number of carbonyl (C=O) groups excluding carboxylic acids is 2. The summed E-state index contributed by atoms with van der Waals surface area (Å²) in [5, 5.41) is 11.6. The van der Waals surface area contributed by atoms with Gasteiger partial charge >= 0.3 is 0 Å². The maximum absolute atomic E-state index is 13.6. The molecular weight excluding hydrogens is 524 g/mol. The molecule has 0 radical (unpaired) electrons. The van der Waals surface area contributed by atoms with Gasteiger partial charge in [0, 0.05) is 38.2 Å². The highest BCUT2D eigenvalue weighted by molar-refractivity contribution is 6.46. The average molecular weight is 565 g/mol. The molecule has 2 unspecified atom stereocenters. The lowest BCUT2D eigenvalue weighted by molar-refractivity contribution is -0.140. The first-order valence-corrected chi connectivity index (χ1v) is 14.5. The van der Waals surface area contributed by atoms with Crippen molar-refractivity contribution in [1.82, 2.24) is 9.80 Å². The summed E-state index contributed by atoms with van der Waals surface area (Å²) >= 11 is 0. The number of benzene rings is 2. The highest BCUT2D eigenvalue weighted by Crippen LogP contribution is 2.42. The van der Waals surface area contributed by atoms with E-state index in [0.717, 1.165) is 30.8 Å². The van der Waals surface area contributed by atoms with Crippen LogP contribution in [0.3, 0.4) is 0 Å². The lowest BCUT2D eigenvalue weighted by atomic mass is 9.94. The Bertz CT molecular complexity index is 1320. The topological polar surface area (TPSA) is 97.8 Å². The molecule has 9 nitrogen and oxygen atoms in total. The number of carbonyl (C=O) groups is 2. The van der Waals surface area contributed by atoms with Gasteiger partial charge in [-0.2, -0.15) is 0 Å². The van der Waals surface area contributed by atoms with Crippen molar-refractivity contribution in [3.05, 3.63) is 58.7 Å². The number of hydrogen-bond acceptors (Lipinski definition) is 8. The smallest absolute Gasteiger partial charge is 0.295 e. The van der Waals surface area contributed by atoms with Gasteiger partial charge < -0.3 is 29.0 Å². The van der Waals surface area contributed by atoms with Crippen LogP contribution in [0, 0.1) is 5.92 Å². The van der Waals surface area contributed by atoms with Crippen molar-refractivity contribution in [3.8, 4) is 17.2 Å². The minimum Gasteiger partial charge on any atom is -0.507 e. The van der Waals surface area contributed by atoms with Gasteiger partial charge in [-0.3, -0.25) is 14.5 Å². The molecule has 2 atom stereocenters. The molecule has 0 aromatic heterocycles. The predicted octanol–water partition coefficient (Wildman–Crippen LogP) is 4.20. The molecule has 0 saturated carbocycles. The fourth-order valence-corrected chi connectivity index (χ4v) is 5.63. The molecule has 220 valence electrons. The number of methoxy groups -OCH3 is 1.